The lowest BCUT2D eigenvalue weighted by atomic mass is 10.2. The number of halogens is 1. The van der Waals surface area contributed by atoms with Crippen molar-refractivity contribution in [1.82, 2.24) is 9.55 Å². The van der Waals surface area contributed by atoms with Crippen LogP contribution in [-0.2, 0) is 13.2 Å². The number of aliphatic hydroxyl groups is 1. The Bertz CT molecular complexity index is 508. The van der Waals surface area contributed by atoms with Gasteiger partial charge in [-0.2, -0.15) is 0 Å². The maximum absolute atomic E-state index is 9.41. The summed E-state index contributed by atoms with van der Waals surface area (Å²) in [5.74, 6) is 0.832. The highest BCUT2D eigenvalue weighted by atomic mass is 35.5. The number of unbranched alkanes of at least 4 members (excludes halogenated alkanes) is 1. The normalized spacial score (nSPS) is 10.8. The number of nitrogens with zero attached hydrogens (tertiary/aromatic N) is 2. The van der Waals surface area contributed by atoms with E-state index >= 15 is 0 Å². The minimum atomic E-state index is -0.0810. The van der Waals surface area contributed by atoms with Crippen LogP contribution in [0.1, 0.15) is 25.5 Å². The molecule has 0 unspecified atom stereocenters. The Balaban J connectivity index is 2.46. The van der Waals surface area contributed by atoms with Crippen molar-refractivity contribution in [2.75, 3.05) is 0 Å². The predicted octanol–water partition coefficient (Wildman–Crippen LogP) is 3.50. The van der Waals surface area contributed by atoms with Crippen LogP contribution in [0.3, 0.4) is 0 Å². The number of aromatic nitrogens is 2. The van der Waals surface area contributed by atoms with Gasteiger partial charge in [0, 0.05) is 12.1 Å². The standard InChI is InChI=1S/C14H17ClN2O/c1-2-3-9-17-12(10-18)13(15)16-14(17)11-7-5-4-6-8-11/h4-8,18H,2-3,9-10H2,1H3. The lowest BCUT2D eigenvalue weighted by Crippen LogP contribution is -2.05. The first-order chi connectivity index (χ1) is 8.77. The van der Waals surface area contributed by atoms with Gasteiger partial charge in [-0.3, -0.25) is 0 Å². The molecule has 0 fully saturated rings. The highest BCUT2D eigenvalue weighted by Crippen LogP contribution is 2.26. The molecule has 0 aliphatic heterocycles. The maximum atomic E-state index is 9.41. The van der Waals surface area contributed by atoms with E-state index in [0.29, 0.717) is 10.8 Å². The van der Waals surface area contributed by atoms with Crippen molar-refractivity contribution >= 4 is 11.6 Å². The highest BCUT2D eigenvalue weighted by Gasteiger charge is 2.15. The molecule has 2 rings (SSSR count). The third-order valence-electron chi connectivity index (χ3n) is 2.94. The van der Waals surface area contributed by atoms with Crippen molar-refractivity contribution in [2.45, 2.75) is 32.9 Å². The Morgan fingerprint density at radius 2 is 2.00 bits per heavy atom. The SMILES string of the molecule is CCCCn1c(-c2ccccc2)nc(Cl)c1CO. The van der Waals surface area contributed by atoms with Crippen molar-refractivity contribution in [3.8, 4) is 11.4 Å². The fraction of sp³-hybridized carbons (Fsp3) is 0.357. The second-order valence-electron chi connectivity index (χ2n) is 4.20. The van der Waals surface area contributed by atoms with E-state index in [-0.39, 0.29) is 6.61 Å². The summed E-state index contributed by atoms with van der Waals surface area (Å²) in [7, 11) is 0. The van der Waals surface area contributed by atoms with Gasteiger partial charge in [0.05, 0.1) is 12.3 Å². The van der Waals surface area contributed by atoms with Crippen molar-refractivity contribution in [3.05, 3.63) is 41.2 Å². The molecule has 1 heterocycles. The second kappa shape index (κ2) is 6.03. The van der Waals surface area contributed by atoms with Gasteiger partial charge in [-0.1, -0.05) is 55.3 Å². The van der Waals surface area contributed by atoms with Crippen molar-refractivity contribution in [1.29, 1.82) is 0 Å². The fourth-order valence-corrected chi connectivity index (χ4v) is 2.21. The Kier molecular flexibility index (Phi) is 4.39. The van der Waals surface area contributed by atoms with E-state index in [4.69, 9.17) is 11.6 Å². The van der Waals surface area contributed by atoms with Gasteiger partial charge in [-0.25, -0.2) is 4.98 Å². The first kappa shape index (κ1) is 13.1. The predicted molar refractivity (Wildman–Crippen MR) is 73.5 cm³/mol. The van der Waals surface area contributed by atoms with Crippen LogP contribution in [0.25, 0.3) is 11.4 Å². The molecule has 0 aliphatic carbocycles. The molecule has 1 N–H and O–H groups in total. The Labute approximate surface area is 112 Å². The van der Waals surface area contributed by atoms with E-state index in [1.54, 1.807) is 0 Å². The minimum Gasteiger partial charge on any atom is -0.390 e. The Morgan fingerprint density at radius 1 is 1.28 bits per heavy atom. The molecule has 18 heavy (non-hydrogen) atoms. The first-order valence-corrected chi connectivity index (χ1v) is 6.57. The number of benzene rings is 1. The topological polar surface area (TPSA) is 38.0 Å². The summed E-state index contributed by atoms with van der Waals surface area (Å²) in [6.07, 6.45) is 2.13. The van der Waals surface area contributed by atoms with E-state index in [1.807, 2.05) is 34.9 Å². The summed E-state index contributed by atoms with van der Waals surface area (Å²) in [4.78, 5) is 4.37. The summed E-state index contributed by atoms with van der Waals surface area (Å²) in [6.45, 7) is 2.89. The maximum Gasteiger partial charge on any atom is 0.153 e. The molecule has 96 valence electrons. The van der Waals surface area contributed by atoms with Gasteiger partial charge in [0.2, 0.25) is 0 Å². The quantitative estimate of drug-likeness (QED) is 0.898. The van der Waals surface area contributed by atoms with Crippen LogP contribution in [0.5, 0.6) is 0 Å². The molecule has 0 atom stereocenters. The van der Waals surface area contributed by atoms with E-state index in [1.165, 1.54) is 0 Å². The monoisotopic (exact) mass is 264 g/mol. The van der Waals surface area contributed by atoms with Gasteiger partial charge in [-0.15, -0.1) is 0 Å². The minimum absolute atomic E-state index is 0.0810. The summed E-state index contributed by atoms with van der Waals surface area (Å²) < 4.78 is 2.02. The molecule has 0 spiro atoms. The smallest absolute Gasteiger partial charge is 0.153 e. The summed E-state index contributed by atoms with van der Waals surface area (Å²) in [5.41, 5.74) is 1.72. The van der Waals surface area contributed by atoms with Crippen LogP contribution in [-0.4, -0.2) is 14.7 Å². The number of hydrogen-bond acceptors (Lipinski definition) is 2. The average molecular weight is 265 g/mol. The van der Waals surface area contributed by atoms with Crippen LogP contribution in [0.15, 0.2) is 30.3 Å². The van der Waals surface area contributed by atoms with Crippen LogP contribution in [0.2, 0.25) is 5.15 Å². The van der Waals surface area contributed by atoms with Gasteiger partial charge < -0.3 is 9.67 Å². The molecule has 1 aromatic carbocycles. The van der Waals surface area contributed by atoms with Crippen molar-refractivity contribution in [2.24, 2.45) is 0 Å². The number of aliphatic hydroxyl groups excluding tert-OH is 1. The highest BCUT2D eigenvalue weighted by molar-refractivity contribution is 6.30. The molecular formula is C14H17ClN2O. The zero-order valence-electron chi connectivity index (χ0n) is 10.4. The third kappa shape index (κ3) is 2.57. The average Bonchev–Trinajstić information content (AvgIpc) is 2.73. The van der Waals surface area contributed by atoms with Crippen LogP contribution < -0.4 is 0 Å². The molecule has 0 amide bonds. The van der Waals surface area contributed by atoms with E-state index < -0.39 is 0 Å². The molecule has 3 nitrogen and oxygen atoms in total. The molecule has 0 saturated carbocycles. The van der Waals surface area contributed by atoms with E-state index in [9.17, 15) is 5.11 Å². The van der Waals surface area contributed by atoms with E-state index in [0.717, 1.165) is 30.8 Å². The largest absolute Gasteiger partial charge is 0.390 e. The molecule has 4 heteroatoms. The number of imidazole rings is 1. The second-order valence-corrected chi connectivity index (χ2v) is 4.56. The summed E-state index contributed by atoms with van der Waals surface area (Å²) in [6, 6.07) is 9.92. The van der Waals surface area contributed by atoms with Crippen molar-refractivity contribution in [3.63, 3.8) is 0 Å². The molecule has 2 aromatic rings. The zero-order valence-corrected chi connectivity index (χ0v) is 11.2. The molecule has 0 saturated heterocycles. The molecule has 0 bridgehead atoms. The van der Waals surface area contributed by atoms with Gasteiger partial charge in [-0.05, 0) is 6.42 Å². The van der Waals surface area contributed by atoms with Crippen LogP contribution >= 0.6 is 11.6 Å². The molecule has 0 radical (unpaired) electrons. The molecular weight excluding hydrogens is 248 g/mol. The Morgan fingerprint density at radius 3 is 2.61 bits per heavy atom. The lowest BCUT2D eigenvalue weighted by Gasteiger charge is -2.10. The number of hydrogen-bond donors (Lipinski definition) is 1. The van der Waals surface area contributed by atoms with Gasteiger partial charge >= 0.3 is 0 Å². The summed E-state index contributed by atoms with van der Waals surface area (Å²) >= 11 is 6.09. The van der Waals surface area contributed by atoms with Gasteiger partial charge in [0.1, 0.15) is 5.82 Å². The van der Waals surface area contributed by atoms with Crippen molar-refractivity contribution < 1.29 is 5.11 Å². The van der Waals surface area contributed by atoms with Gasteiger partial charge in [0.15, 0.2) is 5.15 Å². The lowest BCUT2D eigenvalue weighted by molar-refractivity contribution is 0.270. The van der Waals surface area contributed by atoms with Crippen LogP contribution in [0, 0.1) is 0 Å². The first-order valence-electron chi connectivity index (χ1n) is 6.19. The van der Waals surface area contributed by atoms with Gasteiger partial charge in [0.25, 0.3) is 0 Å². The molecule has 1 aromatic heterocycles. The number of rotatable bonds is 5. The van der Waals surface area contributed by atoms with Crippen LogP contribution in [0.4, 0.5) is 0 Å². The third-order valence-corrected chi connectivity index (χ3v) is 3.24. The van der Waals surface area contributed by atoms with E-state index in [2.05, 4.69) is 11.9 Å². The molecule has 0 aliphatic rings. The Hall–Kier alpha value is -1.32. The fourth-order valence-electron chi connectivity index (χ4n) is 1.97. The summed E-state index contributed by atoms with van der Waals surface area (Å²) in [5, 5.41) is 9.81. The zero-order chi connectivity index (χ0) is 13.0.